The maximum absolute atomic E-state index is 3.73. The van der Waals surface area contributed by atoms with Crippen molar-refractivity contribution >= 4 is 12.4 Å². The zero-order chi connectivity index (χ0) is 11.7. The second-order valence-electron chi connectivity index (χ2n) is 5.94. The zero-order valence-electron chi connectivity index (χ0n) is 11.2. The summed E-state index contributed by atoms with van der Waals surface area (Å²) in [5, 5.41) is 3.73. The summed E-state index contributed by atoms with van der Waals surface area (Å²) in [6.45, 7) is 2.24. The van der Waals surface area contributed by atoms with Crippen LogP contribution in [0.4, 0.5) is 0 Å². The van der Waals surface area contributed by atoms with Gasteiger partial charge in [-0.05, 0) is 62.5 Å². The lowest BCUT2D eigenvalue weighted by atomic mass is 9.87. The van der Waals surface area contributed by atoms with E-state index >= 15 is 0 Å². The van der Waals surface area contributed by atoms with Gasteiger partial charge in [-0.2, -0.15) is 0 Å². The van der Waals surface area contributed by atoms with Crippen LogP contribution in [0.2, 0.25) is 0 Å². The van der Waals surface area contributed by atoms with Crippen LogP contribution in [0.15, 0.2) is 24.3 Å². The summed E-state index contributed by atoms with van der Waals surface area (Å²) in [6, 6.07) is 10.5. The molecule has 2 bridgehead atoms. The highest BCUT2D eigenvalue weighted by Crippen LogP contribution is 2.33. The Morgan fingerprint density at radius 1 is 1.11 bits per heavy atom. The van der Waals surface area contributed by atoms with Crippen LogP contribution >= 0.6 is 12.4 Å². The maximum atomic E-state index is 3.73. The van der Waals surface area contributed by atoms with Crippen LogP contribution in [0.3, 0.4) is 0 Å². The molecule has 18 heavy (non-hydrogen) atoms. The topological polar surface area (TPSA) is 12.0 Å². The van der Waals surface area contributed by atoms with Crippen LogP contribution in [-0.4, -0.2) is 12.1 Å². The number of rotatable bonds is 3. The van der Waals surface area contributed by atoms with E-state index in [4.69, 9.17) is 0 Å². The first-order valence-electron chi connectivity index (χ1n) is 7.12. The molecule has 0 spiro atoms. The summed E-state index contributed by atoms with van der Waals surface area (Å²) in [5.74, 6) is 0.966. The van der Waals surface area contributed by atoms with E-state index in [9.17, 15) is 0 Å². The first-order chi connectivity index (χ1) is 8.31. The van der Waals surface area contributed by atoms with Gasteiger partial charge in [0.25, 0.3) is 0 Å². The van der Waals surface area contributed by atoms with Crippen molar-refractivity contribution < 1.29 is 0 Å². The minimum atomic E-state index is 0. The third kappa shape index (κ3) is 3.07. The van der Waals surface area contributed by atoms with Gasteiger partial charge in [0, 0.05) is 12.1 Å². The maximum Gasteiger partial charge on any atom is 0.00728 e. The Hall–Kier alpha value is -0.530. The highest BCUT2D eigenvalue weighted by atomic mass is 35.5. The standard InChI is InChI=1S/C16H23N.ClH/c1-12-4-2-3-5-14(12)7-6-13-10-15-8-9-16(11-13)17-15;/h2-5,13,15-17H,6-11H2,1H3;1H. The van der Waals surface area contributed by atoms with E-state index in [0.717, 1.165) is 18.0 Å². The third-order valence-corrected chi connectivity index (χ3v) is 4.65. The molecule has 0 saturated carbocycles. The molecule has 100 valence electrons. The van der Waals surface area contributed by atoms with Gasteiger partial charge in [0.05, 0.1) is 0 Å². The lowest BCUT2D eigenvalue weighted by Gasteiger charge is -2.29. The van der Waals surface area contributed by atoms with Crippen LogP contribution in [0.1, 0.15) is 43.2 Å². The van der Waals surface area contributed by atoms with Crippen molar-refractivity contribution in [3.63, 3.8) is 0 Å². The number of halogens is 1. The second kappa shape index (κ2) is 6.08. The van der Waals surface area contributed by atoms with Gasteiger partial charge in [-0.15, -0.1) is 12.4 Å². The van der Waals surface area contributed by atoms with Crippen LogP contribution in [0, 0.1) is 12.8 Å². The number of hydrogen-bond donors (Lipinski definition) is 1. The fraction of sp³-hybridized carbons (Fsp3) is 0.625. The number of piperidine rings is 1. The third-order valence-electron chi connectivity index (χ3n) is 4.65. The molecule has 0 aliphatic carbocycles. The summed E-state index contributed by atoms with van der Waals surface area (Å²) in [7, 11) is 0. The van der Waals surface area contributed by atoms with Crippen LogP contribution in [0.25, 0.3) is 0 Å². The zero-order valence-corrected chi connectivity index (χ0v) is 12.0. The number of nitrogens with one attached hydrogen (secondary N) is 1. The Balaban J connectivity index is 0.00000120. The quantitative estimate of drug-likeness (QED) is 0.875. The Morgan fingerprint density at radius 3 is 2.44 bits per heavy atom. The molecule has 0 amide bonds. The molecular weight excluding hydrogens is 242 g/mol. The van der Waals surface area contributed by atoms with Crippen molar-refractivity contribution in [3.05, 3.63) is 35.4 Å². The summed E-state index contributed by atoms with van der Waals surface area (Å²) >= 11 is 0. The average Bonchev–Trinajstić information content (AvgIpc) is 2.68. The van der Waals surface area contributed by atoms with E-state index in [1.54, 1.807) is 5.56 Å². The van der Waals surface area contributed by atoms with Gasteiger partial charge in [-0.25, -0.2) is 0 Å². The molecule has 2 atom stereocenters. The Kier molecular flexibility index (Phi) is 4.69. The molecule has 1 aromatic carbocycles. The monoisotopic (exact) mass is 265 g/mol. The molecule has 1 aromatic rings. The molecule has 2 heterocycles. The van der Waals surface area contributed by atoms with E-state index < -0.39 is 0 Å². The summed E-state index contributed by atoms with van der Waals surface area (Å²) in [4.78, 5) is 0. The fourth-order valence-corrected chi connectivity index (χ4v) is 3.66. The average molecular weight is 266 g/mol. The minimum absolute atomic E-state index is 0. The number of fused-ring (bicyclic) bond motifs is 2. The van der Waals surface area contributed by atoms with Crippen molar-refractivity contribution in [2.45, 2.75) is 57.5 Å². The number of benzene rings is 1. The van der Waals surface area contributed by atoms with E-state index in [1.807, 2.05) is 0 Å². The molecule has 1 nitrogen and oxygen atoms in total. The normalized spacial score (nSPS) is 29.9. The minimum Gasteiger partial charge on any atom is -0.311 e. The van der Waals surface area contributed by atoms with E-state index in [2.05, 4.69) is 36.5 Å². The van der Waals surface area contributed by atoms with Crippen molar-refractivity contribution in [2.75, 3.05) is 0 Å². The molecular formula is C16H24ClN. The molecule has 2 fully saturated rings. The van der Waals surface area contributed by atoms with Crippen molar-refractivity contribution in [2.24, 2.45) is 5.92 Å². The van der Waals surface area contributed by atoms with Crippen LogP contribution in [-0.2, 0) is 6.42 Å². The van der Waals surface area contributed by atoms with Crippen molar-refractivity contribution in [3.8, 4) is 0 Å². The molecule has 2 heteroatoms. The molecule has 2 aliphatic heterocycles. The summed E-state index contributed by atoms with van der Waals surface area (Å²) < 4.78 is 0. The van der Waals surface area contributed by atoms with Gasteiger partial charge in [0.2, 0.25) is 0 Å². The Bertz CT molecular complexity index is 378. The lowest BCUT2D eigenvalue weighted by molar-refractivity contribution is 0.286. The molecule has 1 N–H and O–H groups in total. The molecule has 2 aliphatic rings. The lowest BCUT2D eigenvalue weighted by Crippen LogP contribution is -2.38. The predicted molar refractivity (Wildman–Crippen MR) is 79.4 cm³/mol. The molecule has 0 aromatic heterocycles. The van der Waals surface area contributed by atoms with Gasteiger partial charge in [0.1, 0.15) is 0 Å². The first-order valence-corrected chi connectivity index (χ1v) is 7.12. The van der Waals surface area contributed by atoms with Gasteiger partial charge in [0.15, 0.2) is 0 Å². The predicted octanol–water partition coefficient (Wildman–Crippen LogP) is 3.88. The van der Waals surface area contributed by atoms with Gasteiger partial charge in [-0.3, -0.25) is 0 Å². The van der Waals surface area contributed by atoms with E-state index in [-0.39, 0.29) is 12.4 Å². The highest BCUT2D eigenvalue weighted by molar-refractivity contribution is 5.85. The van der Waals surface area contributed by atoms with E-state index in [1.165, 1.54) is 44.1 Å². The number of hydrogen-bond acceptors (Lipinski definition) is 1. The van der Waals surface area contributed by atoms with Crippen molar-refractivity contribution in [1.29, 1.82) is 0 Å². The SMILES string of the molecule is Cc1ccccc1CCC1CC2CCC(C1)N2.Cl. The second-order valence-corrected chi connectivity index (χ2v) is 5.94. The number of aryl methyl sites for hydroxylation is 2. The van der Waals surface area contributed by atoms with Gasteiger partial charge in [-0.1, -0.05) is 24.3 Å². The fourth-order valence-electron chi connectivity index (χ4n) is 3.66. The van der Waals surface area contributed by atoms with Crippen molar-refractivity contribution in [1.82, 2.24) is 5.32 Å². The van der Waals surface area contributed by atoms with E-state index in [0.29, 0.717) is 0 Å². The smallest absolute Gasteiger partial charge is 0.00728 e. The Labute approximate surface area is 117 Å². The van der Waals surface area contributed by atoms with Gasteiger partial charge >= 0.3 is 0 Å². The highest BCUT2D eigenvalue weighted by Gasteiger charge is 2.32. The first kappa shape index (κ1) is 13.9. The van der Waals surface area contributed by atoms with Gasteiger partial charge < -0.3 is 5.32 Å². The molecule has 2 saturated heterocycles. The summed E-state index contributed by atoms with van der Waals surface area (Å²) in [6.07, 6.45) is 8.35. The summed E-state index contributed by atoms with van der Waals surface area (Å²) in [5.41, 5.74) is 3.02. The molecule has 3 rings (SSSR count). The molecule has 0 radical (unpaired) electrons. The van der Waals surface area contributed by atoms with Crippen LogP contribution < -0.4 is 5.32 Å². The van der Waals surface area contributed by atoms with Crippen LogP contribution in [0.5, 0.6) is 0 Å². The Morgan fingerprint density at radius 2 is 1.78 bits per heavy atom. The molecule has 2 unspecified atom stereocenters. The largest absolute Gasteiger partial charge is 0.311 e.